The van der Waals surface area contributed by atoms with E-state index in [1.807, 2.05) is 42.5 Å². The Hall–Kier alpha value is -1.63. The van der Waals surface area contributed by atoms with Crippen LogP contribution in [0.15, 0.2) is 42.5 Å². The number of ether oxygens (including phenoxy) is 3. The normalized spacial score (nSPS) is 23.4. The van der Waals surface area contributed by atoms with Gasteiger partial charge in [0.15, 0.2) is 0 Å². The van der Waals surface area contributed by atoms with Crippen LogP contribution in [-0.4, -0.2) is 49.4 Å². The molecule has 1 saturated carbocycles. The van der Waals surface area contributed by atoms with Gasteiger partial charge in [-0.1, -0.05) is 35.9 Å². The van der Waals surface area contributed by atoms with Crippen LogP contribution in [-0.2, 0) is 15.9 Å². The second-order valence-corrected chi connectivity index (χ2v) is 8.27. The summed E-state index contributed by atoms with van der Waals surface area (Å²) >= 11 is 6.37. The van der Waals surface area contributed by atoms with Crippen LogP contribution in [0, 0.1) is 0 Å². The first-order valence-electron chi connectivity index (χ1n) is 10.4. The van der Waals surface area contributed by atoms with Crippen molar-refractivity contribution in [1.82, 2.24) is 0 Å². The molecule has 3 unspecified atom stereocenters. The van der Waals surface area contributed by atoms with Crippen molar-refractivity contribution in [3.8, 4) is 5.75 Å². The fourth-order valence-corrected chi connectivity index (χ4v) is 3.70. The zero-order valence-corrected chi connectivity index (χ0v) is 18.3. The van der Waals surface area contributed by atoms with Crippen molar-refractivity contribution in [2.24, 2.45) is 0 Å². The molecule has 3 atom stereocenters. The summed E-state index contributed by atoms with van der Waals surface area (Å²) in [5.74, 6) is 0.822. The standard InChI is InChI=1S/C20H23ClO4.C4H8O/c1-24-17-5-2-13(3-6-17)8-15-9-14(4-7-19(15)21)20-11-16(23)10-18(12-22)25-20;1-5-4-2-3-4/h2-7,9,16,18,20,22-23H,8,10-12H2,1H3;4H,2-3H2,1H3. The minimum atomic E-state index is -0.461. The first-order valence-corrected chi connectivity index (χ1v) is 10.8. The average Bonchev–Trinajstić information content (AvgIpc) is 3.60. The Labute approximate surface area is 183 Å². The van der Waals surface area contributed by atoms with Crippen LogP contribution < -0.4 is 4.74 Å². The van der Waals surface area contributed by atoms with Gasteiger partial charge in [0, 0.05) is 25.0 Å². The third-order valence-corrected chi connectivity index (χ3v) is 5.80. The molecule has 2 fully saturated rings. The first kappa shape index (κ1) is 23.0. The highest BCUT2D eigenvalue weighted by atomic mass is 35.5. The summed E-state index contributed by atoms with van der Waals surface area (Å²) in [5, 5.41) is 20.1. The molecule has 1 heterocycles. The number of benzene rings is 2. The molecular formula is C24H31ClO5. The highest BCUT2D eigenvalue weighted by Gasteiger charge is 2.29. The molecule has 2 aliphatic rings. The lowest BCUT2D eigenvalue weighted by Gasteiger charge is -2.32. The Morgan fingerprint density at radius 2 is 1.80 bits per heavy atom. The summed E-state index contributed by atoms with van der Waals surface area (Å²) < 4.78 is 15.9. The summed E-state index contributed by atoms with van der Waals surface area (Å²) in [6.07, 6.45) is 3.90. The molecule has 164 valence electrons. The molecule has 2 N–H and O–H groups in total. The third-order valence-electron chi connectivity index (χ3n) is 5.43. The summed E-state index contributed by atoms with van der Waals surface area (Å²) in [6, 6.07) is 13.7. The molecule has 0 amide bonds. The lowest BCUT2D eigenvalue weighted by molar-refractivity contribution is -0.113. The largest absolute Gasteiger partial charge is 0.497 e. The zero-order valence-electron chi connectivity index (χ0n) is 17.6. The van der Waals surface area contributed by atoms with Gasteiger partial charge in [-0.3, -0.25) is 0 Å². The summed E-state index contributed by atoms with van der Waals surface area (Å²) in [6.45, 7) is -0.0835. The molecule has 0 radical (unpaired) electrons. The van der Waals surface area contributed by atoms with Crippen LogP contribution >= 0.6 is 11.6 Å². The lowest BCUT2D eigenvalue weighted by atomic mass is 9.94. The van der Waals surface area contributed by atoms with Crippen molar-refractivity contribution in [2.45, 2.75) is 56.5 Å². The fraction of sp³-hybridized carbons (Fsp3) is 0.500. The van der Waals surface area contributed by atoms with Gasteiger partial charge in [-0.25, -0.2) is 0 Å². The highest BCUT2D eigenvalue weighted by molar-refractivity contribution is 6.31. The van der Waals surface area contributed by atoms with E-state index < -0.39 is 6.10 Å². The first-order chi connectivity index (χ1) is 14.5. The number of hydrogen-bond acceptors (Lipinski definition) is 5. The van der Waals surface area contributed by atoms with Gasteiger partial charge in [-0.05, 0) is 54.2 Å². The van der Waals surface area contributed by atoms with E-state index >= 15 is 0 Å². The molecule has 0 spiro atoms. The molecule has 30 heavy (non-hydrogen) atoms. The van der Waals surface area contributed by atoms with Gasteiger partial charge >= 0.3 is 0 Å². The molecule has 0 aromatic heterocycles. The van der Waals surface area contributed by atoms with Crippen LogP contribution in [0.3, 0.4) is 0 Å². The minimum absolute atomic E-state index is 0.0835. The summed E-state index contributed by atoms with van der Waals surface area (Å²) in [5.41, 5.74) is 3.12. The lowest BCUT2D eigenvalue weighted by Crippen LogP contribution is -2.33. The SMILES string of the molecule is COC1CC1.COc1ccc(Cc2cc(C3CC(O)CC(CO)O3)ccc2Cl)cc1. The Kier molecular flexibility index (Phi) is 8.54. The van der Waals surface area contributed by atoms with Crippen LogP contribution in [0.4, 0.5) is 0 Å². The molecule has 5 nitrogen and oxygen atoms in total. The van der Waals surface area contributed by atoms with Gasteiger partial charge in [0.25, 0.3) is 0 Å². The monoisotopic (exact) mass is 434 g/mol. The van der Waals surface area contributed by atoms with Gasteiger partial charge in [-0.2, -0.15) is 0 Å². The van der Waals surface area contributed by atoms with E-state index in [1.165, 1.54) is 12.8 Å². The van der Waals surface area contributed by atoms with Gasteiger partial charge in [0.2, 0.25) is 0 Å². The van der Waals surface area contributed by atoms with Crippen LogP contribution in [0.2, 0.25) is 5.02 Å². The topological polar surface area (TPSA) is 68.2 Å². The molecule has 4 rings (SSSR count). The van der Waals surface area contributed by atoms with E-state index in [0.717, 1.165) is 22.4 Å². The number of halogens is 1. The fourth-order valence-electron chi connectivity index (χ4n) is 3.52. The smallest absolute Gasteiger partial charge is 0.118 e. The van der Waals surface area contributed by atoms with E-state index in [1.54, 1.807) is 14.2 Å². The Morgan fingerprint density at radius 3 is 2.37 bits per heavy atom. The number of methoxy groups -OCH3 is 2. The van der Waals surface area contributed by atoms with Gasteiger partial charge < -0.3 is 24.4 Å². The van der Waals surface area contributed by atoms with E-state index in [0.29, 0.717) is 30.4 Å². The summed E-state index contributed by atoms with van der Waals surface area (Å²) in [4.78, 5) is 0. The van der Waals surface area contributed by atoms with E-state index in [-0.39, 0.29) is 18.8 Å². The molecule has 2 aromatic rings. The predicted octanol–water partition coefficient (Wildman–Crippen LogP) is 4.31. The molecular weight excluding hydrogens is 404 g/mol. The molecule has 2 aromatic carbocycles. The van der Waals surface area contributed by atoms with Crippen LogP contribution in [0.5, 0.6) is 5.75 Å². The molecule has 0 bridgehead atoms. The maximum atomic E-state index is 10.0. The van der Waals surface area contributed by atoms with Gasteiger partial charge in [0.1, 0.15) is 5.75 Å². The summed E-state index contributed by atoms with van der Waals surface area (Å²) in [7, 11) is 3.41. The predicted molar refractivity (Wildman–Crippen MR) is 117 cm³/mol. The number of rotatable bonds is 6. The van der Waals surface area contributed by atoms with Crippen molar-refractivity contribution in [3.05, 3.63) is 64.2 Å². The van der Waals surface area contributed by atoms with Gasteiger partial charge in [0.05, 0.1) is 38.1 Å². The molecule has 1 aliphatic heterocycles. The van der Waals surface area contributed by atoms with Crippen molar-refractivity contribution >= 4 is 11.6 Å². The quantitative estimate of drug-likeness (QED) is 0.709. The molecule has 1 aliphatic carbocycles. The Balaban J connectivity index is 0.000000448. The van der Waals surface area contributed by atoms with E-state index in [4.69, 9.17) is 25.8 Å². The Bertz CT molecular complexity index is 791. The van der Waals surface area contributed by atoms with Crippen LogP contribution in [0.1, 0.15) is 48.5 Å². The molecule has 6 heteroatoms. The second-order valence-electron chi connectivity index (χ2n) is 7.87. The van der Waals surface area contributed by atoms with E-state index in [9.17, 15) is 10.2 Å². The van der Waals surface area contributed by atoms with Crippen molar-refractivity contribution < 1.29 is 24.4 Å². The average molecular weight is 435 g/mol. The molecule has 1 saturated heterocycles. The maximum Gasteiger partial charge on any atom is 0.118 e. The Morgan fingerprint density at radius 1 is 1.07 bits per heavy atom. The van der Waals surface area contributed by atoms with Gasteiger partial charge in [-0.15, -0.1) is 0 Å². The number of hydrogen-bond donors (Lipinski definition) is 2. The minimum Gasteiger partial charge on any atom is -0.497 e. The number of aliphatic hydroxyl groups excluding tert-OH is 2. The number of aliphatic hydroxyl groups is 2. The zero-order chi connectivity index (χ0) is 21.5. The van der Waals surface area contributed by atoms with Crippen molar-refractivity contribution in [3.63, 3.8) is 0 Å². The van der Waals surface area contributed by atoms with Crippen molar-refractivity contribution in [2.75, 3.05) is 20.8 Å². The van der Waals surface area contributed by atoms with Crippen molar-refractivity contribution in [1.29, 1.82) is 0 Å². The van der Waals surface area contributed by atoms with E-state index in [2.05, 4.69) is 0 Å². The van der Waals surface area contributed by atoms with Crippen LogP contribution in [0.25, 0.3) is 0 Å². The second kappa shape index (κ2) is 11.1. The maximum absolute atomic E-state index is 10.0. The highest BCUT2D eigenvalue weighted by Crippen LogP contribution is 2.33. The third kappa shape index (κ3) is 6.69.